The molecule has 0 saturated heterocycles. The van der Waals surface area contributed by atoms with Gasteiger partial charge < -0.3 is 5.11 Å². The van der Waals surface area contributed by atoms with Gasteiger partial charge in [0.15, 0.2) is 0 Å². The molecule has 1 N–H and O–H groups in total. The van der Waals surface area contributed by atoms with Crippen molar-refractivity contribution in [3.05, 3.63) is 0 Å². The maximum atomic E-state index is 9.41. The predicted octanol–water partition coefficient (Wildman–Crippen LogP) is 3.29. The van der Waals surface area contributed by atoms with E-state index in [4.69, 9.17) is 0 Å². The zero-order valence-electron chi connectivity index (χ0n) is 7.06. The van der Waals surface area contributed by atoms with E-state index in [1.807, 2.05) is 0 Å². The summed E-state index contributed by atoms with van der Waals surface area (Å²) < 4.78 is 0.247. The molecule has 1 unspecified atom stereocenters. The first kappa shape index (κ1) is 11.9. The Morgan fingerprint density at radius 3 is 2.09 bits per heavy atom. The number of halogens is 2. The van der Waals surface area contributed by atoms with E-state index in [9.17, 15) is 5.11 Å². The molecule has 0 rings (SSSR count). The van der Waals surface area contributed by atoms with E-state index in [-0.39, 0.29) is 9.84 Å². The molecule has 0 amide bonds. The van der Waals surface area contributed by atoms with Crippen molar-refractivity contribution in [2.45, 2.75) is 43.0 Å². The number of aliphatic hydroxyl groups is 1. The molecule has 0 aromatic carbocycles. The highest BCUT2D eigenvalue weighted by Crippen LogP contribution is 2.18. The smallest absolute Gasteiger partial charge is 0.0722 e. The lowest BCUT2D eigenvalue weighted by Gasteiger charge is -2.12. The van der Waals surface area contributed by atoms with Gasteiger partial charge in [-0.3, -0.25) is 0 Å². The zero-order valence-corrected chi connectivity index (χ0v) is 10.2. The lowest BCUT2D eigenvalue weighted by atomic mass is 10.0. The maximum absolute atomic E-state index is 9.41. The summed E-state index contributed by atoms with van der Waals surface area (Å²) in [5.74, 6) is 0.689. The van der Waals surface area contributed by atoms with E-state index in [0.29, 0.717) is 5.92 Å². The molecule has 0 aromatic heterocycles. The summed E-state index contributed by atoms with van der Waals surface area (Å²) in [6.45, 7) is 4.35. The second-order valence-electron chi connectivity index (χ2n) is 3.25. The summed E-state index contributed by atoms with van der Waals surface area (Å²) in [5, 5.41) is 9.41. The van der Waals surface area contributed by atoms with Crippen molar-refractivity contribution in [1.82, 2.24) is 0 Å². The van der Waals surface area contributed by atoms with Crippen LogP contribution >= 0.6 is 31.9 Å². The molecule has 0 spiro atoms. The molecule has 0 heterocycles. The minimum Gasteiger partial charge on any atom is -0.393 e. The molecule has 0 saturated carbocycles. The standard InChI is InChI=1S/C8H16Br2O/c1-6(2)3-4-7(11)5-8(9)10/h6-8,11H,3-5H2,1-2H3. The molecular formula is C8H16Br2O. The lowest BCUT2D eigenvalue weighted by Crippen LogP contribution is -2.10. The Morgan fingerprint density at radius 2 is 1.73 bits per heavy atom. The van der Waals surface area contributed by atoms with Crippen LogP contribution in [0.25, 0.3) is 0 Å². The monoisotopic (exact) mass is 286 g/mol. The van der Waals surface area contributed by atoms with Gasteiger partial charge in [0.2, 0.25) is 0 Å². The molecule has 0 aliphatic rings. The van der Waals surface area contributed by atoms with Gasteiger partial charge in [-0.1, -0.05) is 45.7 Å². The summed E-state index contributed by atoms with van der Waals surface area (Å²) in [7, 11) is 0. The Kier molecular flexibility index (Phi) is 6.98. The molecule has 0 bridgehead atoms. The van der Waals surface area contributed by atoms with Crippen LogP contribution in [0.3, 0.4) is 0 Å². The van der Waals surface area contributed by atoms with Crippen molar-refractivity contribution in [3.63, 3.8) is 0 Å². The molecule has 11 heavy (non-hydrogen) atoms. The van der Waals surface area contributed by atoms with E-state index in [1.54, 1.807) is 0 Å². The minimum atomic E-state index is -0.166. The second-order valence-corrected chi connectivity index (χ2v) is 6.69. The molecule has 0 radical (unpaired) electrons. The van der Waals surface area contributed by atoms with Crippen LogP contribution in [0.15, 0.2) is 0 Å². The fourth-order valence-corrected chi connectivity index (χ4v) is 1.71. The molecular weight excluding hydrogens is 272 g/mol. The lowest BCUT2D eigenvalue weighted by molar-refractivity contribution is 0.152. The largest absolute Gasteiger partial charge is 0.393 e. The van der Waals surface area contributed by atoms with Crippen LogP contribution < -0.4 is 0 Å². The first-order valence-corrected chi connectivity index (χ1v) is 5.81. The minimum absolute atomic E-state index is 0.166. The average Bonchev–Trinajstić information content (AvgIpc) is 1.82. The predicted molar refractivity (Wildman–Crippen MR) is 56.3 cm³/mol. The number of hydrogen-bond donors (Lipinski definition) is 1. The molecule has 1 atom stereocenters. The molecule has 0 aliphatic heterocycles. The fourth-order valence-electron chi connectivity index (χ4n) is 0.849. The van der Waals surface area contributed by atoms with Crippen LogP contribution in [-0.4, -0.2) is 14.9 Å². The van der Waals surface area contributed by atoms with Gasteiger partial charge in [-0.2, -0.15) is 0 Å². The van der Waals surface area contributed by atoms with Gasteiger partial charge in [0, 0.05) is 0 Å². The zero-order chi connectivity index (χ0) is 8.85. The van der Waals surface area contributed by atoms with Crippen molar-refractivity contribution in [3.8, 4) is 0 Å². The van der Waals surface area contributed by atoms with Gasteiger partial charge >= 0.3 is 0 Å². The normalized spacial score (nSPS) is 14.5. The van der Waals surface area contributed by atoms with E-state index < -0.39 is 0 Å². The van der Waals surface area contributed by atoms with Gasteiger partial charge in [-0.15, -0.1) is 0 Å². The highest BCUT2D eigenvalue weighted by atomic mass is 79.9. The van der Waals surface area contributed by atoms with Crippen LogP contribution in [-0.2, 0) is 0 Å². The average molecular weight is 288 g/mol. The maximum Gasteiger partial charge on any atom is 0.0722 e. The van der Waals surface area contributed by atoms with Gasteiger partial charge in [0.1, 0.15) is 0 Å². The summed E-state index contributed by atoms with van der Waals surface area (Å²) in [6, 6.07) is 0. The third kappa shape index (κ3) is 8.83. The van der Waals surface area contributed by atoms with Crippen molar-refractivity contribution in [2.75, 3.05) is 0 Å². The van der Waals surface area contributed by atoms with Gasteiger partial charge in [-0.25, -0.2) is 0 Å². The fraction of sp³-hybridized carbons (Fsp3) is 1.00. The van der Waals surface area contributed by atoms with Crippen molar-refractivity contribution < 1.29 is 5.11 Å². The molecule has 0 fully saturated rings. The summed E-state index contributed by atoms with van der Waals surface area (Å²) in [5.41, 5.74) is 0. The number of hydrogen-bond acceptors (Lipinski definition) is 1. The van der Waals surface area contributed by atoms with Crippen molar-refractivity contribution in [1.29, 1.82) is 0 Å². The Morgan fingerprint density at radius 1 is 1.18 bits per heavy atom. The summed E-state index contributed by atoms with van der Waals surface area (Å²) in [6.07, 6.45) is 2.63. The van der Waals surface area contributed by atoms with E-state index in [0.717, 1.165) is 19.3 Å². The van der Waals surface area contributed by atoms with E-state index in [1.165, 1.54) is 0 Å². The quantitative estimate of drug-likeness (QED) is 0.770. The van der Waals surface area contributed by atoms with Crippen LogP contribution in [0.4, 0.5) is 0 Å². The highest BCUT2D eigenvalue weighted by Gasteiger charge is 2.08. The second kappa shape index (κ2) is 6.44. The first-order chi connectivity index (χ1) is 5.02. The first-order valence-electron chi connectivity index (χ1n) is 3.98. The molecule has 3 heteroatoms. The molecule has 0 aromatic rings. The van der Waals surface area contributed by atoms with E-state index >= 15 is 0 Å². The van der Waals surface area contributed by atoms with Gasteiger partial charge in [0.25, 0.3) is 0 Å². The number of alkyl halides is 2. The molecule has 0 aliphatic carbocycles. The van der Waals surface area contributed by atoms with Crippen LogP contribution in [0.1, 0.15) is 33.1 Å². The Balaban J connectivity index is 3.29. The summed E-state index contributed by atoms with van der Waals surface area (Å²) >= 11 is 6.68. The molecule has 68 valence electrons. The van der Waals surface area contributed by atoms with Crippen LogP contribution in [0, 0.1) is 5.92 Å². The summed E-state index contributed by atoms with van der Waals surface area (Å²) in [4.78, 5) is 0. The Bertz CT molecular complexity index is 94.1. The van der Waals surface area contributed by atoms with Crippen LogP contribution in [0.2, 0.25) is 0 Å². The van der Waals surface area contributed by atoms with Gasteiger partial charge in [0.05, 0.1) is 9.84 Å². The third-order valence-corrected chi connectivity index (χ3v) is 2.28. The topological polar surface area (TPSA) is 20.2 Å². The van der Waals surface area contributed by atoms with Crippen LogP contribution in [0.5, 0.6) is 0 Å². The van der Waals surface area contributed by atoms with E-state index in [2.05, 4.69) is 45.7 Å². The number of rotatable bonds is 5. The van der Waals surface area contributed by atoms with Gasteiger partial charge in [-0.05, 0) is 25.2 Å². The Hall–Kier alpha value is 0.920. The highest BCUT2D eigenvalue weighted by molar-refractivity contribution is 9.24. The van der Waals surface area contributed by atoms with Crippen molar-refractivity contribution in [2.24, 2.45) is 5.92 Å². The van der Waals surface area contributed by atoms with Crippen molar-refractivity contribution >= 4 is 31.9 Å². The SMILES string of the molecule is CC(C)CCC(O)CC(Br)Br. The Labute approximate surface area is 85.8 Å². The number of aliphatic hydroxyl groups excluding tert-OH is 1. The third-order valence-electron chi connectivity index (χ3n) is 1.53. The molecule has 1 nitrogen and oxygen atoms in total.